The lowest BCUT2D eigenvalue weighted by atomic mass is 9.66. The largest absolute Gasteiger partial charge is 0.393 e. The molecule has 1 aliphatic heterocycles. The van der Waals surface area contributed by atoms with Crippen molar-refractivity contribution in [1.29, 1.82) is 0 Å². The molecule has 0 aromatic carbocycles. The molecular formula is C12H20O4. The Morgan fingerprint density at radius 3 is 2.56 bits per heavy atom. The highest BCUT2D eigenvalue weighted by molar-refractivity contribution is 5.06. The Morgan fingerprint density at radius 2 is 1.94 bits per heavy atom. The summed E-state index contributed by atoms with van der Waals surface area (Å²) in [5.41, 5.74) is -0.957. The van der Waals surface area contributed by atoms with E-state index in [1.807, 2.05) is 0 Å². The molecule has 1 heterocycles. The zero-order valence-corrected chi connectivity index (χ0v) is 9.52. The standard InChI is InChI=1S/C12H20O4/c13-8-11(14)6-10-9(11)7-15-12(16-10)4-2-1-3-5-12/h9-10,13-14H,1-8H2/t9-,10-,11+/m0/s1. The van der Waals surface area contributed by atoms with Crippen molar-refractivity contribution in [3.8, 4) is 0 Å². The summed E-state index contributed by atoms with van der Waals surface area (Å²) in [4.78, 5) is 0. The van der Waals surface area contributed by atoms with E-state index in [1.54, 1.807) is 0 Å². The van der Waals surface area contributed by atoms with Crippen molar-refractivity contribution in [3.63, 3.8) is 0 Å². The van der Waals surface area contributed by atoms with E-state index in [2.05, 4.69) is 0 Å². The SMILES string of the molecule is OC[C@]1(O)C[C@@H]2OC3(CCCCC3)OC[C@@H]21. The average Bonchev–Trinajstić information content (AvgIpc) is 2.29. The van der Waals surface area contributed by atoms with Crippen molar-refractivity contribution in [3.05, 3.63) is 0 Å². The van der Waals surface area contributed by atoms with Gasteiger partial charge in [-0.15, -0.1) is 0 Å². The molecule has 3 fully saturated rings. The molecule has 3 rings (SSSR count). The predicted molar refractivity (Wildman–Crippen MR) is 56.8 cm³/mol. The van der Waals surface area contributed by atoms with Gasteiger partial charge in [-0.25, -0.2) is 0 Å². The molecule has 0 amide bonds. The Kier molecular flexibility index (Phi) is 2.51. The summed E-state index contributed by atoms with van der Waals surface area (Å²) in [6.45, 7) is 0.343. The third-order valence-electron chi connectivity index (χ3n) is 4.47. The third kappa shape index (κ3) is 1.51. The number of rotatable bonds is 1. The van der Waals surface area contributed by atoms with E-state index in [0.717, 1.165) is 12.8 Å². The minimum atomic E-state index is -0.957. The Balaban J connectivity index is 1.66. The van der Waals surface area contributed by atoms with Crippen molar-refractivity contribution >= 4 is 0 Å². The smallest absolute Gasteiger partial charge is 0.168 e. The highest BCUT2D eigenvalue weighted by atomic mass is 16.7. The Labute approximate surface area is 95.6 Å². The minimum absolute atomic E-state index is 0.0370. The van der Waals surface area contributed by atoms with Crippen LogP contribution in [0, 0.1) is 5.92 Å². The van der Waals surface area contributed by atoms with Crippen LogP contribution in [0.5, 0.6) is 0 Å². The highest BCUT2D eigenvalue weighted by Gasteiger charge is 2.59. The van der Waals surface area contributed by atoms with Crippen molar-refractivity contribution < 1.29 is 19.7 Å². The molecule has 4 nitrogen and oxygen atoms in total. The number of aliphatic hydroxyl groups is 2. The normalized spacial score (nSPS) is 46.1. The molecule has 2 aliphatic carbocycles. The topological polar surface area (TPSA) is 58.9 Å². The number of hydrogen-bond donors (Lipinski definition) is 2. The van der Waals surface area contributed by atoms with Gasteiger partial charge in [-0.1, -0.05) is 6.42 Å². The number of hydrogen-bond acceptors (Lipinski definition) is 4. The molecule has 2 saturated carbocycles. The molecule has 92 valence electrons. The summed E-state index contributed by atoms with van der Waals surface area (Å²) in [5.74, 6) is -0.402. The van der Waals surface area contributed by atoms with Crippen LogP contribution in [0.15, 0.2) is 0 Å². The lowest BCUT2D eigenvalue weighted by molar-refractivity contribution is -0.378. The van der Waals surface area contributed by atoms with E-state index >= 15 is 0 Å². The van der Waals surface area contributed by atoms with Crippen LogP contribution in [0.2, 0.25) is 0 Å². The predicted octanol–water partition coefficient (Wildman–Crippen LogP) is 0.805. The fourth-order valence-corrected chi connectivity index (χ4v) is 3.30. The van der Waals surface area contributed by atoms with Gasteiger partial charge in [0.15, 0.2) is 5.79 Å². The fraction of sp³-hybridized carbons (Fsp3) is 1.00. The average molecular weight is 228 g/mol. The molecule has 1 saturated heterocycles. The molecule has 4 heteroatoms. The van der Waals surface area contributed by atoms with Gasteiger partial charge >= 0.3 is 0 Å². The van der Waals surface area contributed by atoms with E-state index in [-0.39, 0.29) is 24.4 Å². The van der Waals surface area contributed by atoms with E-state index in [9.17, 15) is 5.11 Å². The molecule has 0 aromatic rings. The first-order valence-electron chi connectivity index (χ1n) is 6.33. The van der Waals surface area contributed by atoms with Crippen LogP contribution in [0.25, 0.3) is 0 Å². The van der Waals surface area contributed by atoms with Gasteiger partial charge in [-0.3, -0.25) is 0 Å². The van der Waals surface area contributed by atoms with Gasteiger partial charge in [-0.2, -0.15) is 0 Å². The second kappa shape index (κ2) is 3.67. The summed E-state index contributed by atoms with van der Waals surface area (Å²) in [5, 5.41) is 19.1. The second-order valence-corrected chi connectivity index (χ2v) is 5.51. The number of fused-ring (bicyclic) bond motifs is 1. The molecule has 3 aliphatic rings. The molecule has 0 unspecified atom stereocenters. The molecule has 0 aromatic heterocycles. The summed E-state index contributed by atoms with van der Waals surface area (Å²) >= 11 is 0. The first-order valence-corrected chi connectivity index (χ1v) is 6.33. The first kappa shape index (κ1) is 11.0. The number of aliphatic hydroxyl groups excluding tert-OH is 1. The van der Waals surface area contributed by atoms with Crippen molar-refractivity contribution in [2.45, 2.75) is 56.0 Å². The molecule has 16 heavy (non-hydrogen) atoms. The number of ether oxygens (including phenoxy) is 2. The highest BCUT2D eigenvalue weighted by Crippen LogP contribution is 2.49. The van der Waals surface area contributed by atoms with Gasteiger partial charge in [0, 0.05) is 25.2 Å². The molecule has 2 N–H and O–H groups in total. The van der Waals surface area contributed by atoms with Crippen LogP contribution in [0.4, 0.5) is 0 Å². The molecule has 0 bridgehead atoms. The van der Waals surface area contributed by atoms with Crippen LogP contribution in [0.1, 0.15) is 38.5 Å². The zero-order chi connectivity index (χ0) is 11.2. The zero-order valence-electron chi connectivity index (χ0n) is 9.52. The Morgan fingerprint density at radius 1 is 1.19 bits per heavy atom. The van der Waals surface area contributed by atoms with Crippen LogP contribution in [-0.2, 0) is 9.47 Å². The van der Waals surface area contributed by atoms with Gasteiger partial charge in [-0.05, 0) is 12.8 Å². The van der Waals surface area contributed by atoms with Gasteiger partial charge < -0.3 is 19.7 Å². The van der Waals surface area contributed by atoms with Gasteiger partial charge in [0.2, 0.25) is 0 Å². The maximum absolute atomic E-state index is 9.99. The summed E-state index contributed by atoms with van der Waals surface area (Å²) < 4.78 is 11.9. The van der Waals surface area contributed by atoms with Crippen LogP contribution in [-0.4, -0.2) is 40.9 Å². The van der Waals surface area contributed by atoms with Crippen molar-refractivity contribution in [2.75, 3.05) is 13.2 Å². The van der Waals surface area contributed by atoms with Gasteiger partial charge in [0.25, 0.3) is 0 Å². The van der Waals surface area contributed by atoms with Crippen molar-refractivity contribution in [2.24, 2.45) is 5.92 Å². The summed E-state index contributed by atoms with van der Waals surface area (Å²) in [6, 6.07) is 0. The molecular weight excluding hydrogens is 208 g/mol. The molecule has 0 radical (unpaired) electrons. The summed E-state index contributed by atoms with van der Waals surface area (Å²) in [6.07, 6.45) is 6.21. The summed E-state index contributed by atoms with van der Waals surface area (Å²) in [7, 11) is 0. The quantitative estimate of drug-likeness (QED) is 0.697. The lowest BCUT2D eigenvalue weighted by Gasteiger charge is -2.57. The van der Waals surface area contributed by atoms with Crippen LogP contribution >= 0.6 is 0 Å². The van der Waals surface area contributed by atoms with Gasteiger partial charge in [0.05, 0.1) is 24.9 Å². The van der Waals surface area contributed by atoms with Gasteiger partial charge in [0.1, 0.15) is 0 Å². The van der Waals surface area contributed by atoms with Crippen LogP contribution < -0.4 is 0 Å². The third-order valence-corrected chi connectivity index (χ3v) is 4.47. The van der Waals surface area contributed by atoms with E-state index in [1.165, 1.54) is 19.3 Å². The Hall–Kier alpha value is -0.160. The molecule has 1 spiro atoms. The van der Waals surface area contributed by atoms with E-state index in [4.69, 9.17) is 14.6 Å². The maximum Gasteiger partial charge on any atom is 0.168 e. The lowest BCUT2D eigenvalue weighted by Crippen LogP contribution is -2.67. The minimum Gasteiger partial charge on any atom is -0.393 e. The molecule has 3 atom stereocenters. The van der Waals surface area contributed by atoms with Crippen molar-refractivity contribution in [1.82, 2.24) is 0 Å². The maximum atomic E-state index is 9.99. The fourth-order valence-electron chi connectivity index (χ4n) is 3.30. The monoisotopic (exact) mass is 228 g/mol. The first-order chi connectivity index (χ1) is 7.68. The second-order valence-electron chi connectivity index (χ2n) is 5.51. The van der Waals surface area contributed by atoms with E-state index in [0.29, 0.717) is 13.0 Å². The van der Waals surface area contributed by atoms with Crippen LogP contribution in [0.3, 0.4) is 0 Å². The Bertz CT molecular complexity index is 274. The van der Waals surface area contributed by atoms with E-state index < -0.39 is 5.60 Å².